The summed E-state index contributed by atoms with van der Waals surface area (Å²) in [5.74, 6) is 1.16. The zero-order valence-corrected chi connectivity index (χ0v) is 13.7. The summed E-state index contributed by atoms with van der Waals surface area (Å²) in [7, 11) is 0. The van der Waals surface area contributed by atoms with Crippen LogP contribution >= 0.6 is 27.7 Å². The SMILES string of the molecule is CCNc1nc(CSc2ccc(Br)cc2)nc(C)c1F. The molecule has 2 rings (SSSR count). The third-order valence-electron chi connectivity index (χ3n) is 2.59. The smallest absolute Gasteiger partial charge is 0.186 e. The second-order valence-corrected chi connectivity index (χ2v) is 6.13. The minimum absolute atomic E-state index is 0.284. The van der Waals surface area contributed by atoms with Crippen LogP contribution in [-0.2, 0) is 5.75 Å². The van der Waals surface area contributed by atoms with Gasteiger partial charge in [0.1, 0.15) is 5.82 Å². The minimum atomic E-state index is -0.371. The van der Waals surface area contributed by atoms with Gasteiger partial charge in [0.05, 0.1) is 11.4 Å². The molecular formula is C14H15BrFN3S. The molecule has 20 heavy (non-hydrogen) atoms. The van der Waals surface area contributed by atoms with Gasteiger partial charge in [-0.3, -0.25) is 0 Å². The molecule has 1 heterocycles. The van der Waals surface area contributed by atoms with Gasteiger partial charge in [-0.25, -0.2) is 14.4 Å². The van der Waals surface area contributed by atoms with Gasteiger partial charge < -0.3 is 5.32 Å². The molecule has 2 aromatic rings. The van der Waals surface area contributed by atoms with E-state index in [1.807, 2.05) is 31.2 Å². The van der Waals surface area contributed by atoms with Crippen molar-refractivity contribution >= 4 is 33.5 Å². The van der Waals surface area contributed by atoms with Gasteiger partial charge in [-0.15, -0.1) is 11.8 Å². The van der Waals surface area contributed by atoms with E-state index in [4.69, 9.17) is 0 Å². The maximum Gasteiger partial charge on any atom is 0.186 e. The summed E-state index contributed by atoms with van der Waals surface area (Å²) in [6.45, 7) is 4.20. The molecule has 0 bridgehead atoms. The normalized spacial score (nSPS) is 10.6. The Labute approximate surface area is 130 Å². The van der Waals surface area contributed by atoms with Crippen molar-refractivity contribution in [3.8, 4) is 0 Å². The first-order chi connectivity index (χ1) is 9.60. The van der Waals surface area contributed by atoms with Gasteiger partial charge in [-0.2, -0.15) is 0 Å². The third kappa shape index (κ3) is 3.93. The fourth-order valence-electron chi connectivity index (χ4n) is 1.64. The molecule has 0 atom stereocenters. The lowest BCUT2D eigenvalue weighted by molar-refractivity contribution is 0.602. The van der Waals surface area contributed by atoms with E-state index in [0.29, 0.717) is 23.8 Å². The van der Waals surface area contributed by atoms with E-state index in [1.54, 1.807) is 18.7 Å². The molecule has 0 radical (unpaired) electrons. The Morgan fingerprint density at radius 3 is 2.60 bits per heavy atom. The molecule has 0 fully saturated rings. The quantitative estimate of drug-likeness (QED) is 0.806. The van der Waals surface area contributed by atoms with Crippen molar-refractivity contribution in [1.29, 1.82) is 0 Å². The predicted molar refractivity (Wildman–Crippen MR) is 84.6 cm³/mol. The van der Waals surface area contributed by atoms with E-state index >= 15 is 0 Å². The maximum atomic E-state index is 13.8. The van der Waals surface area contributed by atoms with E-state index < -0.39 is 0 Å². The molecule has 0 aliphatic carbocycles. The molecule has 0 spiro atoms. The molecule has 1 aromatic heterocycles. The van der Waals surface area contributed by atoms with Gasteiger partial charge >= 0.3 is 0 Å². The topological polar surface area (TPSA) is 37.8 Å². The maximum absolute atomic E-state index is 13.8. The van der Waals surface area contributed by atoms with Gasteiger partial charge in [0.2, 0.25) is 0 Å². The lowest BCUT2D eigenvalue weighted by Crippen LogP contribution is -2.08. The summed E-state index contributed by atoms with van der Waals surface area (Å²) in [4.78, 5) is 9.55. The molecule has 6 heteroatoms. The van der Waals surface area contributed by atoms with Gasteiger partial charge in [0.15, 0.2) is 11.6 Å². The Hall–Kier alpha value is -1.14. The first-order valence-electron chi connectivity index (χ1n) is 6.25. The monoisotopic (exact) mass is 355 g/mol. The Balaban J connectivity index is 2.11. The van der Waals surface area contributed by atoms with E-state index in [0.717, 1.165) is 9.37 Å². The summed E-state index contributed by atoms with van der Waals surface area (Å²) in [5.41, 5.74) is 0.377. The van der Waals surface area contributed by atoms with Crippen molar-refractivity contribution in [2.45, 2.75) is 24.5 Å². The second kappa shape index (κ2) is 7.04. The third-order valence-corrected chi connectivity index (χ3v) is 4.13. The summed E-state index contributed by atoms with van der Waals surface area (Å²) < 4.78 is 14.8. The van der Waals surface area contributed by atoms with E-state index in [9.17, 15) is 4.39 Å². The Morgan fingerprint density at radius 2 is 1.95 bits per heavy atom. The second-order valence-electron chi connectivity index (χ2n) is 4.16. The summed E-state index contributed by atoms with van der Waals surface area (Å²) >= 11 is 5.03. The van der Waals surface area contributed by atoms with Crippen molar-refractivity contribution in [2.24, 2.45) is 0 Å². The summed E-state index contributed by atoms with van der Waals surface area (Å²) in [6, 6.07) is 8.03. The molecule has 0 aliphatic heterocycles. The molecule has 1 N–H and O–H groups in total. The highest BCUT2D eigenvalue weighted by Gasteiger charge is 2.10. The van der Waals surface area contributed by atoms with E-state index in [1.165, 1.54) is 0 Å². The highest BCUT2D eigenvalue weighted by Crippen LogP contribution is 2.24. The van der Waals surface area contributed by atoms with Gasteiger partial charge in [-0.05, 0) is 38.1 Å². The fraction of sp³-hybridized carbons (Fsp3) is 0.286. The number of thioether (sulfide) groups is 1. The standard InChI is InChI=1S/C14H15BrFN3S/c1-3-17-14-13(16)9(2)18-12(19-14)8-20-11-6-4-10(15)5-7-11/h4-7H,3,8H2,1-2H3,(H,17,18,19). The molecule has 0 aliphatic rings. The van der Waals surface area contributed by atoms with Crippen LogP contribution in [-0.4, -0.2) is 16.5 Å². The number of rotatable bonds is 5. The first-order valence-corrected chi connectivity index (χ1v) is 8.03. The highest BCUT2D eigenvalue weighted by atomic mass is 79.9. The van der Waals surface area contributed by atoms with Gasteiger partial charge in [-0.1, -0.05) is 15.9 Å². The van der Waals surface area contributed by atoms with Crippen LogP contribution in [0, 0.1) is 12.7 Å². The van der Waals surface area contributed by atoms with Crippen LogP contribution in [0.1, 0.15) is 18.4 Å². The molecule has 3 nitrogen and oxygen atoms in total. The summed E-state index contributed by atoms with van der Waals surface area (Å²) in [6.07, 6.45) is 0. The van der Waals surface area contributed by atoms with E-state index in [2.05, 4.69) is 31.2 Å². The average Bonchev–Trinajstić information content (AvgIpc) is 2.44. The number of anilines is 1. The molecule has 1 aromatic carbocycles. The minimum Gasteiger partial charge on any atom is -0.368 e. The highest BCUT2D eigenvalue weighted by molar-refractivity contribution is 9.10. The molecule has 106 valence electrons. The fourth-order valence-corrected chi connectivity index (χ4v) is 2.66. The molecular weight excluding hydrogens is 341 g/mol. The number of halogens is 2. The number of benzene rings is 1. The first kappa shape index (κ1) is 15.3. The lowest BCUT2D eigenvalue weighted by atomic mass is 10.4. The number of aromatic nitrogens is 2. The van der Waals surface area contributed by atoms with Crippen LogP contribution in [0.4, 0.5) is 10.2 Å². The molecule has 0 amide bonds. The number of nitrogens with one attached hydrogen (secondary N) is 1. The van der Waals surface area contributed by atoms with Gasteiger partial charge in [0.25, 0.3) is 0 Å². The number of nitrogens with zero attached hydrogens (tertiary/aromatic N) is 2. The van der Waals surface area contributed by atoms with Crippen LogP contribution in [0.25, 0.3) is 0 Å². The number of hydrogen-bond donors (Lipinski definition) is 1. The van der Waals surface area contributed by atoms with E-state index in [-0.39, 0.29) is 11.6 Å². The van der Waals surface area contributed by atoms with Crippen LogP contribution in [0.3, 0.4) is 0 Å². The Bertz CT molecular complexity index is 590. The van der Waals surface area contributed by atoms with Crippen molar-refractivity contribution in [2.75, 3.05) is 11.9 Å². The Morgan fingerprint density at radius 1 is 1.25 bits per heavy atom. The van der Waals surface area contributed by atoms with Crippen LogP contribution in [0.2, 0.25) is 0 Å². The van der Waals surface area contributed by atoms with Crippen LogP contribution < -0.4 is 5.32 Å². The zero-order chi connectivity index (χ0) is 14.5. The molecule has 0 saturated heterocycles. The van der Waals surface area contributed by atoms with Crippen molar-refractivity contribution in [3.63, 3.8) is 0 Å². The van der Waals surface area contributed by atoms with Crippen molar-refractivity contribution in [1.82, 2.24) is 9.97 Å². The number of hydrogen-bond acceptors (Lipinski definition) is 4. The number of aryl methyl sites for hydroxylation is 1. The van der Waals surface area contributed by atoms with Crippen molar-refractivity contribution < 1.29 is 4.39 Å². The van der Waals surface area contributed by atoms with Crippen LogP contribution in [0.15, 0.2) is 33.6 Å². The van der Waals surface area contributed by atoms with Gasteiger partial charge in [0, 0.05) is 15.9 Å². The molecule has 0 saturated carbocycles. The largest absolute Gasteiger partial charge is 0.368 e. The van der Waals surface area contributed by atoms with Crippen LogP contribution in [0.5, 0.6) is 0 Å². The van der Waals surface area contributed by atoms with Crippen molar-refractivity contribution in [3.05, 3.63) is 46.1 Å². The average molecular weight is 356 g/mol. The molecule has 0 unspecified atom stereocenters. The lowest BCUT2D eigenvalue weighted by Gasteiger charge is -2.08. The Kier molecular flexibility index (Phi) is 5.37. The summed E-state index contributed by atoms with van der Waals surface area (Å²) in [5, 5.41) is 2.92. The zero-order valence-electron chi connectivity index (χ0n) is 11.3. The predicted octanol–water partition coefficient (Wildman–Crippen LogP) is 4.41.